The molecule has 0 aliphatic rings. The summed E-state index contributed by atoms with van der Waals surface area (Å²) >= 11 is 9.62. The van der Waals surface area contributed by atoms with Crippen LogP contribution in [0.4, 0.5) is 0 Å². The van der Waals surface area contributed by atoms with Gasteiger partial charge in [-0.1, -0.05) is 34.5 Å². The first-order valence-electron chi connectivity index (χ1n) is 6.85. The molecule has 112 valence electrons. The highest BCUT2D eigenvalue weighted by Crippen LogP contribution is 2.29. The second kappa shape index (κ2) is 7.78. The molecule has 1 unspecified atom stereocenters. The van der Waals surface area contributed by atoms with E-state index in [9.17, 15) is 0 Å². The van der Waals surface area contributed by atoms with Crippen molar-refractivity contribution in [3.63, 3.8) is 0 Å². The maximum Gasteiger partial charge on any atom is 0.137 e. The van der Waals surface area contributed by atoms with Gasteiger partial charge >= 0.3 is 0 Å². The van der Waals surface area contributed by atoms with Gasteiger partial charge in [0.15, 0.2) is 0 Å². The van der Waals surface area contributed by atoms with Gasteiger partial charge in [-0.15, -0.1) is 0 Å². The Kier molecular flexibility index (Phi) is 6.03. The normalized spacial score (nSPS) is 12.2. The van der Waals surface area contributed by atoms with Crippen molar-refractivity contribution in [1.29, 1.82) is 0 Å². The van der Waals surface area contributed by atoms with Gasteiger partial charge in [0.2, 0.25) is 0 Å². The van der Waals surface area contributed by atoms with Crippen LogP contribution in [0.15, 0.2) is 41.1 Å². The fourth-order valence-electron chi connectivity index (χ4n) is 2.16. The van der Waals surface area contributed by atoms with Gasteiger partial charge < -0.3 is 10.1 Å². The Morgan fingerprint density at radius 1 is 1.24 bits per heavy atom. The Hall–Kier alpha value is -1.10. The minimum Gasteiger partial charge on any atom is -0.492 e. The minimum absolute atomic E-state index is 0.0117. The van der Waals surface area contributed by atoms with Gasteiger partial charge in [0.25, 0.3) is 0 Å². The SMILES string of the molecule is CCCOc1cncc(C(NC)c2cc(Cl)cc(Br)c2)c1. The Bertz CT molecular complexity index is 586. The van der Waals surface area contributed by atoms with Crippen LogP contribution in [0.1, 0.15) is 30.5 Å². The van der Waals surface area contributed by atoms with Crippen molar-refractivity contribution in [2.75, 3.05) is 13.7 Å². The summed E-state index contributed by atoms with van der Waals surface area (Å²) in [7, 11) is 1.92. The number of nitrogens with zero attached hydrogens (tertiary/aromatic N) is 1. The van der Waals surface area contributed by atoms with Crippen molar-refractivity contribution in [3.05, 3.63) is 57.3 Å². The lowest BCUT2D eigenvalue weighted by Crippen LogP contribution is -2.18. The van der Waals surface area contributed by atoms with Crippen LogP contribution in [0, 0.1) is 0 Å². The highest BCUT2D eigenvalue weighted by Gasteiger charge is 2.14. The molecule has 1 N–H and O–H groups in total. The number of hydrogen-bond acceptors (Lipinski definition) is 3. The molecule has 5 heteroatoms. The first kappa shape index (κ1) is 16.3. The van der Waals surface area contributed by atoms with Gasteiger partial charge in [-0.2, -0.15) is 0 Å². The summed E-state index contributed by atoms with van der Waals surface area (Å²) in [5.41, 5.74) is 2.12. The molecule has 2 rings (SSSR count). The number of benzene rings is 1. The monoisotopic (exact) mass is 368 g/mol. The predicted octanol–water partition coefficient (Wildman–Crippen LogP) is 4.60. The maximum atomic E-state index is 6.14. The molecule has 0 saturated heterocycles. The van der Waals surface area contributed by atoms with E-state index in [4.69, 9.17) is 16.3 Å². The number of aromatic nitrogens is 1. The van der Waals surface area contributed by atoms with Crippen molar-refractivity contribution in [1.82, 2.24) is 10.3 Å². The van der Waals surface area contributed by atoms with Crippen LogP contribution in [0.5, 0.6) is 5.75 Å². The summed E-state index contributed by atoms with van der Waals surface area (Å²) in [5.74, 6) is 0.788. The molecule has 1 heterocycles. The van der Waals surface area contributed by atoms with Crippen molar-refractivity contribution >= 4 is 27.5 Å². The second-order valence-electron chi connectivity index (χ2n) is 4.73. The molecule has 0 amide bonds. The Labute approximate surface area is 138 Å². The van der Waals surface area contributed by atoms with Crippen molar-refractivity contribution < 1.29 is 4.74 Å². The van der Waals surface area contributed by atoms with Crippen LogP contribution in [-0.4, -0.2) is 18.6 Å². The summed E-state index contributed by atoms with van der Waals surface area (Å²) in [6.45, 7) is 2.77. The zero-order valence-corrected chi connectivity index (χ0v) is 14.4. The van der Waals surface area contributed by atoms with Gasteiger partial charge in [0.1, 0.15) is 5.75 Å². The third-order valence-electron chi connectivity index (χ3n) is 3.05. The lowest BCUT2D eigenvalue weighted by atomic mass is 10.0. The Balaban J connectivity index is 2.32. The van der Waals surface area contributed by atoms with E-state index < -0.39 is 0 Å². The molecular weight excluding hydrogens is 352 g/mol. The molecular formula is C16H18BrClN2O. The van der Waals surface area contributed by atoms with E-state index in [0.29, 0.717) is 11.6 Å². The molecule has 0 spiro atoms. The van der Waals surface area contributed by atoms with Gasteiger partial charge in [-0.3, -0.25) is 4.98 Å². The topological polar surface area (TPSA) is 34.1 Å². The Morgan fingerprint density at radius 2 is 2.05 bits per heavy atom. The fraction of sp³-hybridized carbons (Fsp3) is 0.312. The van der Waals surface area contributed by atoms with Crippen LogP contribution in [0.3, 0.4) is 0 Å². The maximum absolute atomic E-state index is 6.14. The summed E-state index contributed by atoms with van der Waals surface area (Å²) in [5, 5.41) is 4.00. The summed E-state index contributed by atoms with van der Waals surface area (Å²) in [6.07, 6.45) is 4.55. The number of pyridine rings is 1. The first-order valence-corrected chi connectivity index (χ1v) is 8.02. The summed E-state index contributed by atoms with van der Waals surface area (Å²) in [6, 6.07) is 7.90. The van der Waals surface area contributed by atoms with Gasteiger partial charge in [-0.25, -0.2) is 0 Å². The predicted molar refractivity (Wildman–Crippen MR) is 90.1 cm³/mol. The van der Waals surface area contributed by atoms with Gasteiger partial charge in [0, 0.05) is 15.7 Å². The molecule has 1 aromatic carbocycles. The molecule has 21 heavy (non-hydrogen) atoms. The van der Waals surface area contributed by atoms with Gasteiger partial charge in [-0.05, 0) is 48.9 Å². The van der Waals surface area contributed by atoms with Crippen molar-refractivity contribution in [2.24, 2.45) is 0 Å². The summed E-state index contributed by atoms with van der Waals surface area (Å²) < 4.78 is 6.60. The molecule has 3 nitrogen and oxygen atoms in total. The van der Waals surface area contributed by atoms with Gasteiger partial charge in [0.05, 0.1) is 18.8 Å². The van der Waals surface area contributed by atoms with E-state index in [1.807, 2.05) is 37.5 Å². The molecule has 0 fully saturated rings. The van der Waals surface area contributed by atoms with E-state index in [1.54, 1.807) is 6.20 Å². The van der Waals surface area contributed by atoms with E-state index >= 15 is 0 Å². The highest BCUT2D eigenvalue weighted by molar-refractivity contribution is 9.10. The zero-order chi connectivity index (χ0) is 15.2. The Morgan fingerprint density at radius 3 is 2.71 bits per heavy atom. The lowest BCUT2D eigenvalue weighted by molar-refractivity contribution is 0.315. The molecule has 1 aromatic heterocycles. The molecule has 1 atom stereocenters. The van der Waals surface area contributed by atoms with E-state index in [1.165, 1.54) is 0 Å². The quantitative estimate of drug-likeness (QED) is 0.808. The largest absolute Gasteiger partial charge is 0.492 e. The van der Waals surface area contributed by atoms with Crippen LogP contribution in [-0.2, 0) is 0 Å². The minimum atomic E-state index is 0.0117. The number of hydrogen-bond donors (Lipinski definition) is 1. The van der Waals surface area contributed by atoms with Crippen LogP contribution < -0.4 is 10.1 Å². The average molecular weight is 370 g/mol. The zero-order valence-electron chi connectivity index (χ0n) is 12.1. The van der Waals surface area contributed by atoms with Crippen molar-refractivity contribution in [2.45, 2.75) is 19.4 Å². The molecule has 0 saturated carbocycles. The molecule has 0 bridgehead atoms. The number of nitrogens with one attached hydrogen (secondary N) is 1. The van der Waals surface area contributed by atoms with Crippen LogP contribution >= 0.6 is 27.5 Å². The standard InChI is InChI=1S/C16H18BrClN2O/c1-3-4-21-15-7-12(9-20-10-15)16(19-2)11-5-13(17)8-14(18)6-11/h5-10,16,19H,3-4H2,1-2H3. The van der Waals surface area contributed by atoms with Crippen molar-refractivity contribution in [3.8, 4) is 5.75 Å². The average Bonchev–Trinajstić information content (AvgIpc) is 2.45. The lowest BCUT2D eigenvalue weighted by Gasteiger charge is -2.18. The van der Waals surface area contributed by atoms with E-state index in [2.05, 4.69) is 33.2 Å². The van der Waals surface area contributed by atoms with Crippen LogP contribution in [0.2, 0.25) is 5.02 Å². The number of ether oxygens (including phenoxy) is 1. The van der Waals surface area contributed by atoms with E-state index in [0.717, 1.165) is 27.8 Å². The fourth-order valence-corrected chi connectivity index (χ4v) is 3.05. The molecule has 0 radical (unpaired) electrons. The van der Waals surface area contributed by atoms with E-state index in [-0.39, 0.29) is 6.04 Å². The number of halogens is 2. The van der Waals surface area contributed by atoms with Crippen LogP contribution in [0.25, 0.3) is 0 Å². The molecule has 0 aliphatic carbocycles. The second-order valence-corrected chi connectivity index (χ2v) is 6.08. The third-order valence-corrected chi connectivity index (χ3v) is 3.72. The summed E-state index contributed by atoms with van der Waals surface area (Å²) in [4.78, 5) is 4.27. The smallest absolute Gasteiger partial charge is 0.137 e. The highest BCUT2D eigenvalue weighted by atomic mass is 79.9. The first-order chi connectivity index (χ1) is 10.1. The molecule has 0 aliphatic heterocycles. The molecule has 2 aromatic rings. The number of rotatable bonds is 6. The third kappa shape index (κ3) is 4.43.